The Morgan fingerprint density at radius 3 is 2.68 bits per heavy atom. The number of likely N-dealkylation sites (N-methyl/N-ethyl adjacent to an activating group) is 1. The van der Waals surface area contributed by atoms with Crippen molar-refractivity contribution in [3.63, 3.8) is 0 Å². The number of benzene rings is 1. The molecule has 5 heteroatoms. The monoisotopic (exact) mass is 421 g/mol. The summed E-state index contributed by atoms with van der Waals surface area (Å²) in [4.78, 5) is 21.7. The van der Waals surface area contributed by atoms with Gasteiger partial charge in [-0.3, -0.25) is 9.78 Å². The third-order valence-electron chi connectivity index (χ3n) is 7.25. The fourth-order valence-corrected chi connectivity index (χ4v) is 4.96. The number of rotatable bonds is 8. The van der Waals surface area contributed by atoms with E-state index < -0.39 is 0 Å². The SMILES string of the molecule is Cc1ccc(OCCN(C)C(=O)[C@H]2CC23CCN([C@H](C)Cc2cccnc2)CC3)cc1. The van der Waals surface area contributed by atoms with Crippen LogP contribution in [0.3, 0.4) is 0 Å². The Labute approximate surface area is 186 Å². The lowest BCUT2D eigenvalue weighted by molar-refractivity contribution is -0.132. The van der Waals surface area contributed by atoms with Gasteiger partial charge in [0.05, 0.1) is 6.54 Å². The van der Waals surface area contributed by atoms with Gasteiger partial charge in [0.25, 0.3) is 0 Å². The number of aryl methyl sites for hydroxylation is 1. The van der Waals surface area contributed by atoms with E-state index in [1.54, 1.807) is 0 Å². The quantitative estimate of drug-likeness (QED) is 0.647. The molecular formula is C26H35N3O2. The van der Waals surface area contributed by atoms with Gasteiger partial charge in [0.1, 0.15) is 12.4 Å². The van der Waals surface area contributed by atoms with E-state index in [0.29, 0.717) is 25.1 Å². The number of hydrogen-bond acceptors (Lipinski definition) is 4. The van der Waals surface area contributed by atoms with E-state index in [4.69, 9.17) is 4.74 Å². The number of aromatic nitrogens is 1. The van der Waals surface area contributed by atoms with Crippen molar-refractivity contribution in [2.24, 2.45) is 11.3 Å². The first-order valence-corrected chi connectivity index (χ1v) is 11.5. The Hall–Kier alpha value is -2.40. The standard InChI is InChI=1S/C26H35N3O2/c1-20-6-8-23(9-7-20)31-16-15-28(3)25(30)24-18-26(24)10-13-29(14-11-26)21(2)17-22-5-4-12-27-19-22/h4-9,12,19,21,24H,10-11,13-18H2,1-3H3/t21-,24-/m1/s1. The van der Waals surface area contributed by atoms with Crippen LogP contribution in [0, 0.1) is 18.3 Å². The lowest BCUT2D eigenvalue weighted by Crippen LogP contribution is -2.43. The van der Waals surface area contributed by atoms with E-state index >= 15 is 0 Å². The number of carbonyl (C=O) groups is 1. The third kappa shape index (κ3) is 5.27. The minimum Gasteiger partial charge on any atom is -0.492 e. The molecule has 0 bridgehead atoms. The smallest absolute Gasteiger partial charge is 0.226 e. The molecule has 0 radical (unpaired) electrons. The van der Waals surface area contributed by atoms with Crippen LogP contribution in [0.1, 0.15) is 37.3 Å². The van der Waals surface area contributed by atoms with Crippen LogP contribution < -0.4 is 4.74 Å². The second-order valence-electron chi connectivity index (χ2n) is 9.49. The third-order valence-corrected chi connectivity index (χ3v) is 7.25. The Balaban J connectivity index is 1.20. The van der Waals surface area contributed by atoms with Crippen LogP contribution in [-0.4, -0.2) is 60.0 Å². The summed E-state index contributed by atoms with van der Waals surface area (Å²) in [5.74, 6) is 1.36. The molecule has 1 aliphatic heterocycles. The van der Waals surface area contributed by atoms with Crippen LogP contribution in [0.5, 0.6) is 5.75 Å². The maximum atomic E-state index is 13.0. The number of carbonyl (C=O) groups excluding carboxylic acids is 1. The van der Waals surface area contributed by atoms with Crippen molar-refractivity contribution in [3.8, 4) is 5.75 Å². The summed E-state index contributed by atoms with van der Waals surface area (Å²) in [7, 11) is 1.91. The molecule has 5 nitrogen and oxygen atoms in total. The van der Waals surface area contributed by atoms with Gasteiger partial charge >= 0.3 is 0 Å². The van der Waals surface area contributed by atoms with Crippen molar-refractivity contribution in [2.75, 3.05) is 33.3 Å². The largest absolute Gasteiger partial charge is 0.492 e. The van der Waals surface area contributed by atoms with Gasteiger partial charge in [-0.25, -0.2) is 0 Å². The zero-order valence-electron chi connectivity index (χ0n) is 19.1. The molecule has 2 aliphatic rings. The van der Waals surface area contributed by atoms with Gasteiger partial charge in [-0.15, -0.1) is 0 Å². The first kappa shape index (κ1) is 21.8. The van der Waals surface area contributed by atoms with E-state index in [0.717, 1.165) is 44.5 Å². The summed E-state index contributed by atoms with van der Waals surface area (Å²) >= 11 is 0. The van der Waals surface area contributed by atoms with Crippen LogP contribution in [0.4, 0.5) is 0 Å². The minimum absolute atomic E-state index is 0.202. The van der Waals surface area contributed by atoms with Gasteiger partial charge in [0.15, 0.2) is 0 Å². The van der Waals surface area contributed by atoms with E-state index in [9.17, 15) is 4.79 Å². The molecule has 2 fully saturated rings. The Bertz CT molecular complexity index is 860. The number of hydrogen-bond donors (Lipinski definition) is 0. The summed E-state index contributed by atoms with van der Waals surface area (Å²) in [5, 5.41) is 0. The number of ether oxygens (including phenoxy) is 1. The van der Waals surface area contributed by atoms with Crippen molar-refractivity contribution in [1.82, 2.24) is 14.8 Å². The second kappa shape index (κ2) is 9.39. The molecule has 1 aliphatic carbocycles. The molecule has 1 amide bonds. The zero-order valence-corrected chi connectivity index (χ0v) is 19.1. The molecule has 2 atom stereocenters. The van der Waals surface area contributed by atoms with Gasteiger partial charge in [-0.1, -0.05) is 23.8 Å². The Morgan fingerprint density at radius 2 is 2.00 bits per heavy atom. The highest BCUT2D eigenvalue weighted by atomic mass is 16.5. The summed E-state index contributed by atoms with van der Waals surface area (Å²) in [6, 6.07) is 12.7. The lowest BCUT2D eigenvalue weighted by atomic mass is 9.89. The van der Waals surface area contributed by atoms with E-state index in [1.165, 1.54) is 11.1 Å². The highest BCUT2D eigenvalue weighted by Gasteiger charge is 2.59. The van der Waals surface area contributed by atoms with Gasteiger partial charge in [-0.2, -0.15) is 0 Å². The van der Waals surface area contributed by atoms with E-state index in [1.807, 2.05) is 54.7 Å². The van der Waals surface area contributed by atoms with Gasteiger partial charge < -0.3 is 14.5 Å². The van der Waals surface area contributed by atoms with Crippen molar-refractivity contribution in [1.29, 1.82) is 0 Å². The molecule has 0 unspecified atom stereocenters. The number of nitrogens with zero attached hydrogens (tertiary/aromatic N) is 3. The van der Waals surface area contributed by atoms with Crippen molar-refractivity contribution in [3.05, 3.63) is 59.9 Å². The van der Waals surface area contributed by atoms with Crippen molar-refractivity contribution in [2.45, 2.75) is 45.6 Å². The van der Waals surface area contributed by atoms with E-state index in [2.05, 4.69) is 29.8 Å². The van der Waals surface area contributed by atoms with Crippen LogP contribution in [0.2, 0.25) is 0 Å². The molecule has 1 saturated carbocycles. The molecule has 166 valence electrons. The highest BCUT2D eigenvalue weighted by Crippen LogP contribution is 2.60. The lowest BCUT2D eigenvalue weighted by Gasteiger charge is -2.37. The fourth-order valence-electron chi connectivity index (χ4n) is 4.96. The summed E-state index contributed by atoms with van der Waals surface area (Å²) in [6.07, 6.45) is 8.15. The van der Waals surface area contributed by atoms with Crippen LogP contribution in [0.25, 0.3) is 0 Å². The minimum atomic E-state index is 0.202. The van der Waals surface area contributed by atoms with Crippen molar-refractivity contribution < 1.29 is 9.53 Å². The number of pyridine rings is 1. The number of likely N-dealkylation sites (tertiary alicyclic amines) is 1. The molecule has 1 spiro atoms. The predicted molar refractivity (Wildman–Crippen MR) is 123 cm³/mol. The average Bonchev–Trinajstić information content (AvgIpc) is 3.48. The topological polar surface area (TPSA) is 45.7 Å². The maximum absolute atomic E-state index is 13.0. The first-order chi connectivity index (χ1) is 15.0. The number of amides is 1. The molecule has 0 N–H and O–H groups in total. The zero-order chi connectivity index (χ0) is 21.8. The first-order valence-electron chi connectivity index (χ1n) is 11.5. The second-order valence-corrected chi connectivity index (χ2v) is 9.49. The molecular weight excluding hydrogens is 386 g/mol. The fraction of sp³-hybridized carbons (Fsp3) is 0.538. The average molecular weight is 422 g/mol. The van der Waals surface area contributed by atoms with Gasteiger partial charge in [0.2, 0.25) is 5.91 Å². The summed E-state index contributed by atoms with van der Waals surface area (Å²) < 4.78 is 5.80. The van der Waals surface area contributed by atoms with E-state index in [-0.39, 0.29) is 11.3 Å². The summed E-state index contributed by atoms with van der Waals surface area (Å²) in [6.45, 7) is 7.71. The molecule has 2 aromatic rings. The van der Waals surface area contributed by atoms with Crippen LogP contribution >= 0.6 is 0 Å². The maximum Gasteiger partial charge on any atom is 0.226 e. The molecule has 1 aromatic heterocycles. The molecule has 1 saturated heterocycles. The number of piperidine rings is 1. The van der Waals surface area contributed by atoms with Crippen LogP contribution in [-0.2, 0) is 11.2 Å². The van der Waals surface area contributed by atoms with Gasteiger partial charge in [0, 0.05) is 31.4 Å². The van der Waals surface area contributed by atoms with Crippen molar-refractivity contribution >= 4 is 5.91 Å². The molecule has 2 heterocycles. The molecule has 31 heavy (non-hydrogen) atoms. The predicted octanol–water partition coefficient (Wildman–Crippen LogP) is 3.96. The normalized spacial score (nSPS) is 20.9. The van der Waals surface area contributed by atoms with Crippen LogP contribution in [0.15, 0.2) is 48.8 Å². The molecule has 4 rings (SSSR count). The highest BCUT2D eigenvalue weighted by molar-refractivity contribution is 5.82. The summed E-state index contributed by atoms with van der Waals surface area (Å²) in [5.41, 5.74) is 2.76. The molecule has 1 aromatic carbocycles. The Morgan fingerprint density at radius 1 is 1.26 bits per heavy atom. The van der Waals surface area contributed by atoms with Gasteiger partial charge in [-0.05, 0) is 81.8 Å². The Kier molecular flexibility index (Phi) is 6.61.